The Balaban J connectivity index is 2.14. The lowest BCUT2D eigenvalue weighted by Gasteiger charge is -2.11. The molecule has 0 bridgehead atoms. The second kappa shape index (κ2) is 7.65. The number of benzene rings is 2. The molecule has 6 nitrogen and oxygen atoms in total. The molecule has 0 aromatic heterocycles. The number of methoxy groups -OCH3 is 1. The van der Waals surface area contributed by atoms with Gasteiger partial charge in [0.05, 0.1) is 17.6 Å². The van der Waals surface area contributed by atoms with Gasteiger partial charge in [-0.15, -0.1) is 0 Å². The van der Waals surface area contributed by atoms with Crippen molar-refractivity contribution in [2.45, 2.75) is 11.1 Å². The maximum absolute atomic E-state index is 12.7. The highest BCUT2D eigenvalue weighted by Crippen LogP contribution is 2.31. The molecular formula is C16H14F3NO5S. The molecule has 0 unspecified atom stereocenters. The smallest absolute Gasteiger partial charge is 0.416 e. The van der Waals surface area contributed by atoms with Crippen molar-refractivity contribution in [2.75, 3.05) is 18.4 Å². The van der Waals surface area contributed by atoms with E-state index in [1.807, 2.05) is 0 Å². The maximum Gasteiger partial charge on any atom is 0.416 e. The van der Waals surface area contributed by atoms with Gasteiger partial charge in [-0.1, -0.05) is 6.07 Å². The lowest BCUT2D eigenvalue weighted by molar-refractivity contribution is -0.143. The number of nitrogens with one attached hydrogen (secondary N) is 1. The number of carbonyl (C=O) groups is 1. The van der Waals surface area contributed by atoms with Crippen molar-refractivity contribution in [1.82, 2.24) is 0 Å². The second-order valence-electron chi connectivity index (χ2n) is 5.02. The van der Waals surface area contributed by atoms with E-state index in [0.717, 1.165) is 12.1 Å². The van der Waals surface area contributed by atoms with Gasteiger partial charge in [-0.25, -0.2) is 13.2 Å². The Hall–Kier alpha value is -2.75. The number of hydrogen-bond donors (Lipinski definition) is 1. The molecule has 1 N–H and O–H groups in total. The first-order valence-electron chi connectivity index (χ1n) is 7.11. The fourth-order valence-corrected chi connectivity index (χ4v) is 2.94. The predicted octanol–water partition coefficient (Wildman–Crippen LogP) is 3.06. The maximum atomic E-state index is 12.7. The number of esters is 1. The van der Waals surface area contributed by atoms with Gasteiger partial charge in [-0.2, -0.15) is 13.2 Å². The van der Waals surface area contributed by atoms with E-state index in [1.54, 1.807) is 0 Å². The second-order valence-corrected chi connectivity index (χ2v) is 6.70. The molecular weight excluding hydrogens is 375 g/mol. The van der Waals surface area contributed by atoms with Crippen LogP contribution in [0.2, 0.25) is 0 Å². The summed E-state index contributed by atoms with van der Waals surface area (Å²) in [6.07, 6.45) is -4.58. The Morgan fingerprint density at radius 1 is 1.12 bits per heavy atom. The van der Waals surface area contributed by atoms with Crippen LogP contribution in [0.1, 0.15) is 5.56 Å². The van der Waals surface area contributed by atoms with Gasteiger partial charge in [0.15, 0.2) is 6.61 Å². The first-order valence-corrected chi connectivity index (χ1v) is 8.60. The lowest BCUT2D eigenvalue weighted by Crippen LogP contribution is -2.14. The van der Waals surface area contributed by atoms with E-state index >= 15 is 0 Å². The highest BCUT2D eigenvalue weighted by atomic mass is 32.2. The Morgan fingerprint density at radius 2 is 1.77 bits per heavy atom. The molecule has 2 rings (SSSR count). The summed E-state index contributed by atoms with van der Waals surface area (Å²) in [5.74, 6) is -0.374. The fourth-order valence-electron chi connectivity index (χ4n) is 1.89. The molecule has 0 aliphatic carbocycles. The molecule has 10 heteroatoms. The van der Waals surface area contributed by atoms with Crippen LogP contribution < -0.4 is 9.46 Å². The van der Waals surface area contributed by atoms with Gasteiger partial charge in [-0.3, -0.25) is 4.72 Å². The Labute approximate surface area is 147 Å². The number of alkyl halides is 3. The highest BCUT2D eigenvalue weighted by Gasteiger charge is 2.30. The van der Waals surface area contributed by atoms with Crippen LogP contribution in [-0.2, 0) is 25.7 Å². The normalized spacial score (nSPS) is 11.7. The Morgan fingerprint density at radius 3 is 2.35 bits per heavy atom. The first kappa shape index (κ1) is 19.6. The minimum Gasteiger partial charge on any atom is -0.482 e. The van der Waals surface area contributed by atoms with E-state index in [-0.39, 0.29) is 22.9 Å². The lowest BCUT2D eigenvalue weighted by atomic mass is 10.2. The van der Waals surface area contributed by atoms with Gasteiger partial charge in [0.2, 0.25) is 0 Å². The number of hydrogen-bond acceptors (Lipinski definition) is 5. The van der Waals surface area contributed by atoms with Crippen LogP contribution in [0.25, 0.3) is 0 Å². The molecule has 0 heterocycles. The van der Waals surface area contributed by atoms with Crippen LogP contribution in [0.15, 0.2) is 53.4 Å². The number of ether oxygens (including phenoxy) is 2. The number of anilines is 1. The zero-order chi connectivity index (χ0) is 19.4. The van der Waals surface area contributed by atoms with Crippen molar-refractivity contribution in [3.63, 3.8) is 0 Å². The van der Waals surface area contributed by atoms with Gasteiger partial charge in [0, 0.05) is 5.69 Å². The van der Waals surface area contributed by atoms with Crippen LogP contribution in [0.5, 0.6) is 5.75 Å². The van der Waals surface area contributed by atoms with Crippen LogP contribution in [-0.4, -0.2) is 28.1 Å². The predicted molar refractivity (Wildman–Crippen MR) is 86.2 cm³/mol. The molecule has 2 aromatic carbocycles. The molecule has 0 spiro atoms. The van der Waals surface area contributed by atoms with Crippen molar-refractivity contribution in [1.29, 1.82) is 0 Å². The molecule has 0 aliphatic heterocycles. The zero-order valence-electron chi connectivity index (χ0n) is 13.4. The standard InChI is InChI=1S/C16H14F3NO5S/c1-24-15(21)10-25-13-5-7-14(8-6-13)26(22,23)20-12-4-2-3-11(9-12)16(17,18)19/h2-9,20H,10H2,1H3. The van der Waals surface area contributed by atoms with E-state index in [1.165, 1.54) is 37.4 Å². The van der Waals surface area contributed by atoms with Crippen molar-refractivity contribution < 1.29 is 35.9 Å². The first-order chi connectivity index (χ1) is 12.1. The van der Waals surface area contributed by atoms with Crippen molar-refractivity contribution >= 4 is 21.7 Å². The van der Waals surface area contributed by atoms with Gasteiger partial charge in [0.1, 0.15) is 5.75 Å². The number of halogens is 3. The molecule has 2 aromatic rings. The van der Waals surface area contributed by atoms with E-state index in [9.17, 15) is 26.4 Å². The topological polar surface area (TPSA) is 81.7 Å². The van der Waals surface area contributed by atoms with Gasteiger partial charge >= 0.3 is 12.1 Å². The third-order valence-electron chi connectivity index (χ3n) is 3.16. The van der Waals surface area contributed by atoms with Crippen LogP contribution in [0, 0.1) is 0 Å². The molecule has 0 fully saturated rings. The molecule has 0 atom stereocenters. The average Bonchev–Trinajstić information content (AvgIpc) is 2.59. The molecule has 0 amide bonds. The SMILES string of the molecule is COC(=O)COc1ccc(S(=O)(=O)Nc2cccc(C(F)(F)F)c2)cc1. The van der Waals surface area contributed by atoms with E-state index < -0.39 is 27.7 Å². The zero-order valence-corrected chi connectivity index (χ0v) is 14.2. The van der Waals surface area contributed by atoms with Gasteiger partial charge in [0.25, 0.3) is 10.0 Å². The molecule has 0 saturated carbocycles. The van der Waals surface area contributed by atoms with Gasteiger partial charge < -0.3 is 9.47 Å². The van der Waals surface area contributed by atoms with Crippen molar-refractivity contribution in [3.05, 3.63) is 54.1 Å². The van der Waals surface area contributed by atoms with Crippen LogP contribution in [0.4, 0.5) is 18.9 Å². The highest BCUT2D eigenvalue weighted by molar-refractivity contribution is 7.92. The third kappa shape index (κ3) is 5.12. The molecule has 0 saturated heterocycles. The molecule has 0 radical (unpaired) electrons. The van der Waals surface area contributed by atoms with Crippen LogP contribution >= 0.6 is 0 Å². The number of sulfonamides is 1. The molecule has 140 valence electrons. The van der Waals surface area contributed by atoms with Crippen LogP contribution in [0.3, 0.4) is 0 Å². The van der Waals surface area contributed by atoms with Crippen molar-refractivity contribution in [2.24, 2.45) is 0 Å². The summed E-state index contributed by atoms with van der Waals surface area (Å²) in [6, 6.07) is 8.86. The third-order valence-corrected chi connectivity index (χ3v) is 4.56. The molecule has 26 heavy (non-hydrogen) atoms. The average molecular weight is 389 g/mol. The van der Waals surface area contributed by atoms with E-state index in [2.05, 4.69) is 9.46 Å². The minimum atomic E-state index is -4.58. The Kier molecular flexibility index (Phi) is 5.76. The van der Waals surface area contributed by atoms with E-state index in [0.29, 0.717) is 6.07 Å². The minimum absolute atomic E-state index is 0.180. The quantitative estimate of drug-likeness (QED) is 0.768. The summed E-state index contributed by atoms with van der Waals surface area (Å²) >= 11 is 0. The van der Waals surface area contributed by atoms with Gasteiger partial charge in [-0.05, 0) is 42.5 Å². The summed E-state index contributed by atoms with van der Waals surface area (Å²) in [5.41, 5.74) is -1.19. The summed E-state index contributed by atoms with van der Waals surface area (Å²) in [6.45, 7) is -0.342. The number of carbonyl (C=O) groups excluding carboxylic acids is 1. The Bertz CT molecular complexity index is 880. The number of rotatable bonds is 6. The van der Waals surface area contributed by atoms with Crippen molar-refractivity contribution in [3.8, 4) is 5.75 Å². The summed E-state index contributed by atoms with van der Waals surface area (Å²) < 4.78 is 74.2. The largest absolute Gasteiger partial charge is 0.482 e. The summed E-state index contributed by atoms with van der Waals surface area (Å²) in [7, 11) is -2.90. The monoisotopic (exact) mass is 389 g/mol. The summed E-state index contributed by atoms with van der Waals surface area (Å²) in [4.78, 5) is 10.8. The fraction of sp³-hybridized carbons (Fsp3) is 0.188. The van der Waals surface area contributed by atoms with E-state index in [4.69, 9.17) is 4.74 Å². The summed E-state index contributed by atoms with van der Waals surface area (Å²) in [5, 5.41) is 0. The molecule has 0 aliphatic rings.